The molecule has 134 valence electrons. The van der Waals surface area contributed by atoms with E-state index in [9.17, 15) is 4.79 Å². The van der Waals surface area contributed by atoms with Crippen LogP contribution < -0.4 is 4.90 Å². The number of carboxylic acids is 1. The standard InChI is InChI=1S/C16H19ClN4O3S/c1-20(10-14(22)23)8-11-9-21(6-7-24-11)16-19-18-15(25-16)12-4-2-3-5-13(12)17/h2-5,11H,6-10H2,1H3,(H,22,23). The summed E-state index contributed by atoms with van der Waals surface area (Å²) in [6.07, 6.45) is -0.0641. The van der Waals surface area contributed by atoms with Gasteiger partial charge in [0.2, 0.25) is 5.13 Å². The maximum absolute atomic E-state index is 10.8. The average molecular weight is 383 g/mol. The Hall–Kier alpha value is -1.74. The fourth-order valence-electron chi connectivity index (χ4n) is 2.73. The first kappa shape index (κ1) is 18.1. The molecule has 0 bridgehead atoms. The number of hydrogen-bond acceptors (Lipinski definition) is 7. The predicted molar refractivity (Wildman–Crippen MR) is 97.4 cm³/mol. The maximum Gasteiger partial charge on any atom is 0.317 e. The van der Waals surface area contributed by atoms with Crippen molar-refractivity contribution in [2.45, 2.75) is 6.10 Å². The largest absolute Gasteiger partial charge is 0.480 e. The van der Waals surface area contributed by atoms with Gasteiger partial charge in [-0.25, -0.2) is 0 Å². The van der Waals surface area contributed by atoms with Gasteiger partial charge in [0.15, 0.2) is 5.01 Å². The first-order chi connectivity index (χ1) is 12.0. The van der Waals surface area contributed by atoms with Crippen LogP contribution in [0.2, 0.25) is 5.02 Å². The van der Waals surface area contributed by atoms with Crippen LogP contribution >= 0.6 is 22.9 Å². The van der Waals surface area contributed by atoms with Crippen molar-refractivity contribution in [3.05, 3.63) is 29.3 Å². The molecule has 0 spiro atoms. The van der Waals surface area contributed by atoms with Crippen molar-refractivity contribution < 1.29 is 14.6 Å². The monoisotopic (exact) mass is 382 g/mol. The lowest BCUT2D eigenvalue weighted by molar-refractivity contribution is -0.138. The van der Waals surface area contributed by atoms with E-state index < -0.39 is 5.97 Å². The van der Waals surface area contributed by atoms with Crippen molar-refractivity contribution in [2.24, 2.45) is 0 Å². The molecule has 1 N–H and O–H groups in total. The van der Waals surface area contributed by atoms with Gasteiger partial charge in [-0.3, -0.25) is 9.69 Å². The molecule has 1 aromatic heterocycles. The van der Waals surface area contributed by atoms with Gasteiger partial charge in [-0.2, -0.15) is 0 Å². The second-order valence-corrected chi connectivity index (χ2v) is 7.26. The number of likely N-dealkylation sites (N-methyl/N-ethyl adjacent to an activating group) is 1. The smallest absolute Gasteiger partial charge is 0.317 e. The molecule has 1 aliphatic heterocycles. The Morgan fingerprint density at radius 1 is 1.48 bits per heavy atom. The summed E-state index contributed by atoms with van der Waals surface area (Å²) in [6, 6.07) is 7.57. The number of morpholine rings is 1. The first-order valence-corrected chi connectivity index (χ1v) is 9.07. The summed E-state index contributed by atoms with van der Waals surface area (Å²) in [5.41, 5.74) is 0.874. The molecule has 1 unspecified atom stereocenters. The predicted octanol–water partition coefficient (Wildman–Crippen LogP) is 2.08. The van der Waals surface area contributed by atoms with Crippen LogP contribution in [-0.2, 0) is 9.53 Å². The molecule has 1 atom stereocenters. The minimum atomic E-state index is -0.844. The molecule has 7 nitrogen and oxygen atoms in total. The highest BCUT2D eigenvalue weighted by Gasteiger charge is 2.25. The number of hydrogen-bond donors (Lipinski definition) is 1. The number of ether oxygens (including phenoxy) is 1. The summed E-state index contributed by atoms with van der Waals surface area (Å²) in [6.45, 7) is 2.51. The molecule has 0 amide bonds. The highest BCUT2D eigenvalue weighted by molar-refractivity contribution is 7.18. The highest BCUT2D eigenvalue weighted by atomic mass is 35.5. The number of carbonyl (C=O) groups is 1. The van der Waals surface area contributed by atoms with Crippen LogP contribution in [0.1, 0.15) is 0 Å². The van der Waals surface area contributed by atoms with Gasteiger partial charge in [0.1, 0.15) is 0 Å². The van der Waals surface area contributed by atoms with Crippen LogP contribution in [0.25, 0.3) is 10.6 Å². The third-order valence-electron chi connectivity index (χ3n) is 3.85. The van der Waals surface area contributed by atoms with E-state index in [0.29, 0.717) is 24.7 Å². The van der Waals surface area contributed by atoms with Gasteiger partial charge in [0, 0.05) is 25.2 Å². The number of aromatic nitrogens is 2. The number of benzene rings is 1. The van der Waals surface area contributed by atoms with Gasteiger partial charge >= 0.3 is 5.97 Å². The fourth-order valence-corrected chi connectivity index (χ4v) is 3.93. The Kier molecular flexibility index (Phi) is 5.85. The summed E-state index contributed by atoms with van der Waals surface area (Å²) in [5.74, 6) is -0.844. The molecule has 0 saturated carbocycles. The molecule has 1 fully saturated rings. The van der Waals surface area contributed by atoms with E-state index in [1.54, 1.807) is 11.9 Å². The third-order valence-corrected chi connectivity index (χ3v) is 5.20. The molecular weight excluding hydrogens is 364 g/mol. The topological polar surface area (TPSA) is 78.8 Å². The van der Waals surface area contributed by atoms with E-state index in [0.717, 1.165) is 22.2 Å². The zero-order valence-corrected chi connectivity index (χ0v) is 15.3. The van der Waals surface area contributed by atoms with Gasteiger partial charge in [-0.15, -0.1) is 10.2 Å². The van der Waals surface area contributed by atoms with Crippen molar-refractivity contribution in [2.75, 3.05) is 44.7 Å². The van der Waals surface area contributed by atoms with Crippen molar-refractivity contribution in [3.8, 4) is 10.6 Å². The zero-order chi connectivity index (χ0) is 17.8. The van der Waals surface area contributed by atoms with Gasteiger partial charge < -0.3 is 14.7 Å². The molecule has 0 radical (unpaired) electrons. The Morgan fingerprint density at radius 2 is 2.28 bits per heavy atom. The lowest BCUT2D eigenvalue weighted by Crippen LogP contribution is -2.47. The number of carboxylic acid groups (broad SMARTS) is 1. The van der Waals surface area contributed by atoms with Gasteiger partial charge in [-0.1, -0.05) is 41.1 Å². The molecule has 1 saturated heterocycles. The Morgan fingerprint density at radius 3 is 3.04 bits per heavy atom. The highest BCUT2D eigenvalue weighted by Crippen LogP contribution is 2.33. The van der Waals surface area contributed by atoms with E-state index in [1.807, 2.05) is 24.3 Å². The molecular formula is C16H19ClN4O3S. The van der Waals surface area contributed by atoms with E-state index in [-0.39, 0.29) is 12.6 Å². The second-order valence-electron chi connectivity index (χ2n) is 5.90. The van der Waals surface area contributed by atoms with Crippen LogP contribution in [0, 0.1) is 0 Å². The minimum Gasteiger partial charge on any atom is -0.480 e. The molecule has 1 aromatic carbocycles. The van der Waals surface area contributed by atoms with Gasteiger partial charge in [-0.05, 0) is 13.1 Å². The maximum atomic E-state index is 10.8. The minimum absolute atomic E-state index is 0.00464. The van der Waals surface area contributed by atoms with E-state index >= 15 is 0 Å². The Balaban J connectivity index is 1.66. The number of rotatable bonds is 6. The zero-order valence-electron chi connectivity index (χ0n) is 13.8. The SMILES string of the molecule is CN(CC(=O)O)CC1CN(c2nnc(-c3ccccc3Cl)s2)CCO1. The number of halogens is 1. The molecule has 2 heterocycles. The van der Waals surface area contributed by atoms with Gasteiger partial charge in [0.05, 0.1) is 24.3 Å². The van der Waals surface area contributed by atoms with Gasteiger partial charge in [0.25, 0.3) is 0 Å². The Labute approximate surface area is 154 Å². The lowest BCUT2D eigenvalue weighted by Gasteiger charge is -2.34. The summed E-state index contributed by atoms with van der Waals surface area (Å²) in [5, 5.41) is 19.7. The molecule has 0 aliphatic carbocycles. The molecule has 9 heteroatoms. The Bertz CT molecular complexity index is 742. The third kappa shape index (κ3) is 4.66. The number of aliphatic carboxylic acids is 1. The van der Waals surface area contributed by atoms with Crippen LogP contribution in [-0.4, -0.2) is 72.1 Å². The fraction of sp³-hybridized carbons (Fsp3) is 0.438. The second kappa shape index (κ2) is 8.09. The van der Waals surface area contributed by atoms with Crippen LogP contribution in [0.5, 0.6) is 0 Å². The molecule has 2 aromatic rings. The lowest BCUT2D eigenvalue weighted by atomic mass is 10.2. The average Bonchev–Trinajstić information content (AvgIpc) is 3.04. The summed E-state index contributed by atoms with van der Waals surface area (Å²) in [4.78, 5) is 14.6. The molecule has 25 heavy (non-hydrogen) atoms. The number of nitrogens with zero attached hydrogens (tertiary/aromatic N) is 4. The summed E-state index contributed by atoms with van der Waals surface area (Å²) in [7, 11) is 1.77. The quantitative estimate of drug-likeness (QED) is 0.819. The van der Waals surface area contributed by atoms with Crippen LogP contribution in [0.3, 0.4) is 0 Å². The summed E-state index contributed by atoms with van der Waals surface area (Å²) >= 11 is 7.72. The van der Waals surface area contributed by atoms with Crippen molar-refractivity contribution in [1.82, 2.24) is 15.1 Å². The van der Waals surface area contributed by atoms with Crippen LogP contribution in [0.15, 0.2) is 24.3 Å². The number of anilines is 1. The normalized spacial score (nSPS) is 17.9. The van der Waals surface area contributed by atoms with Crippen molar-refractivity contribution >= 4 is 34.0 Å². The van der Waals surface area contributed by atoms with E-state index in [4.69, 9.17) is 21.4 Å². The molecule has 3 rings (SSSR count). The van der Waals surface area contributed by atoms with Crippen molar-refractivity contribution in [1.29, 1.82) is 0 Å². The molecule has 1 aliphatic rings. The van der Waals surface area contributed by atoms with E-state index in [2.05, 4.69) is 15.1 Å². The van der Waals surface area contributed by atoms with Crippen LogP contribution in [0.4, 0.5) is 5.13 Å². The van der Waals surface area contributed by atoms with E-state index in [1.165, 1.54) is 11.3 Å². The van der Waals surface area contributed by atoms with Crippen molar-refractivity contribution in [3.63, 3.8) is 0 Å². The first-order valence-electron chi connectivity index (χ1n) is 7.88. The summed E-state index contributed by atoms with van der Waals surface area (Å²) < 4.78 is 5.75.